The largest absolute Gasteiger partial charge is 0.493 e. The molecule has 2 heterocycles. The number of benzene rings is 3. The number of nitrogens with one attached hydrogen (secondary N) is 1. The van der Waals surface area contributed by atoms with Crippen LogP contribution in [0, 0.1) is 0 Å². The van der Waals surface area contributed by atoms with Crippen LogP contribution in [0.15, 0.2) is 66.9 Å². The maximum atomic E-state index is 11.9. The number of ether oxygens (including phenoxy) is 2. The Bertz CT molecular complexity index is 1370. The minimum atomic E-state index is -0.996. The third-order valence-corrected chi connectivity index (χ3v) is 6.66. The van der Waals surface area contributed by atoms with Crippen molar-refractivity contribution in [2.75, 3.05) is 27.3 Å². The van der Waals surface area contributed by atoms with Gasteiger partial charge in [-0.15, -0.1) is 5.10 Å². The molecule has 0 spiro atoms. The van der Waals surface area contributed by atoms with E-state index in [9.17, 15) is 9.90 Å². The molecule has 0 atom stereocenters. The van der Waals surface area contributed by atoms with Crippen LogP contribution in [-0.4, -0.2) is 53.4 Å². The van der Waals surface area contributed by atoms with Gasteiger partial charge in [-0.1, -0.05) is 29.5 Å². The number of aromatic nitrogens is 3. The summed E-state index contributed by atoms with van der Waals surface area (Å²) >= 11 is 0. The van der Waals surface area contributed by atoms with E-state index in [-0.39, 0.29) is 5.56 Å². The number of hydrogen-bond donors (Lipinski definition) is 2. The van der Waals surface area contributed by atoms with E-state index in [1.165, 1.54) is 5.56 Å². The maximum absolute atomic E-state index is 11.9. The molecule has 0 aliphatic carbocycles. The average molecular weight is 485 g/mol. The van der Waals surface area contributed by atoms with Crippen LogP contribution in [0.5, 0.6) is 11.5 Å². The smallest absolute Gasteiger partial charge is 0.335 e. The molecule has 1 fully saturated rings. The first kappa shape index (κ1) is 23.6. The molecular formula is C28H28N4O4. The molecule has 0 amide bonds. The Hall–Kier alpha value is -4.17. The molecule has 5 rings (SSSR count). The van der Waals surface area contributed by atoms with Crippen molar-refractivity contribution in [3.8, 4) is 39.6 Å². The fraction of sp³-hybridized carbons (Fsp3) is 0.250. The fourth-order valence-electron chi connectivity index (χ4n) is 4.65. The van der Waals surface area contributed by atoms with E-state index < -0.39 is 5.97 Å². The molecule has 8 heteroatoms. The van der Waals surface area contributed by atoms with Crippen molar-refractivity contribution in [1.29, 1.82) is 0 Å². The summed E-state index contributed by atoms with van der Waals surface area (Å²) in [6.45, 7) is 2.08. The zero-order valence-corrected chi connectivity index (χ0v) is 20.3. The van der Waals surface area contributed by atoms with E-state index in [1.807, 2.05) is 24.3 Å². The highest BCUT2D eigenvalue weighted by molar-refractivity contribution is 5.90. The van der Waals surface area contributed by atoms with Crippen LogP contribution >= 0.6 is 0 Å². The molecule has 184 valence electrons. The van der Waals surface area contributed by atoms with Gasteiger partial charge in [0.1, 0.15) is 5.69 Å². The predicted octanol–water partition coefficient (Wildman–Crippen LogP) is 4.78. The van der Waals surface area contributed by atoms with E-state index in [0.29, 0.717) is 28.8 Å². The monoisotopic (exact) mass is 484 g/mol. The molecule has 1 saturated heterocycles. The summed E-state index contributed by atoms with van der Waals surface area (Å²) in [5, 5.41) is 21.7. The lowest BCUT2D eigenvalue weighted by Gasteiger charge is -2.23. The lowest BCUT2D eigenvalue weighted by Crippen LogP contribution is -2.26. The molecule has 0 saturated carbocycles. The molecule has 0 unspecified atom stereocenters. The van der Waals surface area contributed by atoms with Gasteiger partial charge in [-0.25, -0.2) is 9.48 Å². The number of hydrogen-bond acceptors (Lipinski definition) is 6. The summed E-state index contributed by atoms with van der Waals surface area (Å²) in [5.74, 6) is 0.780. The van der Waals surface area contributed by atoms with E-state index in [1.54, 1.807) is 37.2 Å². The summed E-state index contributed by atoms with van der Waals surface area (Å²) in [4.78, 5) is 11.9. The van der Waals surface area contributed by atoms with Gasteiger partial charge in [0.25, 0.3) is 0 Å². The number of carbonyl (C=O) groups is 1. The van der Waals surface area contributed by atoms with Crippen LogP contribution in [0.1, 0.15) is 34.7 Å². The van der Waals surface area contributed by atoms with Gasteiger partial charge >= 0.3 is 5.97 Å². The van der Waals surface area contributed by atoms with Gasteiger partial charge in [-0.05, 0) is 84.9 Å². The predicted molar refractivity (Wildman–Crippen MR) is 137 cm³/mol. The van der Waals surface area contributed by atoms with Crippen molar-refractivity contribution in [2.45, 2.75) is 18.8 Å². The van der Waals surface area contributed by atoms with E-state index >= 15 is 0 Å². The lowest BCUT2D eigenvalue weighted by atomic mass is 9.89. The minimum absolute atomic E-state index is 0.188. The standard InChI is InChI=1S/C28H28N4O4/c1-35-26-8-7-21(16-27(26)36-2)25-17-32(31-30-25)24-14-22(13-23(15-24)28(33)34)19-5-3-18(4-6-19)20-9-11-29-12-10-20/h3-8,13-17,20,29H,9-12H2,1-2H3,(H,33,34). The minimum Gasteiger partial charge on any atom is -0.493 e. The molecular weight excluding hydrogens is 456 g/mol. The van der Waals surface area contributed by atoms with Crippen molar-refractivity contribution in [3.63, 3.8) is 0 Å². The summed E-state index contributed by atoms with van der Waals surface area (Å²) in [6, 6.07) is 19.2. The Kier molecular flexibility index (Phi) is 6.69. The molecule has 8 nitrogen and oxygen atoms in total. The first-order valence-corrected chi connectivity index (χ1v) is 11.9. The second kappa shape index (κ2) is 10.2. The fourth-order valence-corrected chi connectivity index (χ4v) is 4.65. The Labute approximate surface area is 209 Å². The van der Waals surface area contributed by atoms with Crippen molar-refractivity contribution < 1.29 is 19.4 Å². The Morgan fingerprint density at radius 2 is 1.64 bits per heavy atom. The van der Waals surface area contributed by atoms with Gasteiger partial charge < -0.3 is 19.9 Å². The van der Waals surface area contributed by atoms with Gasteiger partial charge in [0.15, 0.2) is 11.5 Å². The second-order valence-corrected chi connectivity index (χ2v) is 8.84. The van der Waals surface area contributed by atoms with Gasteiger partial charge in [0.05, 0.1) is 31.7 Å². The Morgan fingerprint density at radius 3 is 2.33 bits per heavy atom. The van der Waals surface area contributed by atoms with E-state index in [4.69, 9.17) is 9.47 Å². The molecule has 1 aromatic heterocycles. The van der Waals surface area contributed by atoms with Crippen molar-refractivity contribution in [1.82, 2.24) is 20.3 Å². The number of rotatable bonds is 7. The molecule has 2 N–H and O–H groups in total. The number of piperidine rings is 1. The Morgan fingerprint density at radius 1 is 0.917 bits per heavy atom. The van der Waals surface area contributed by atoms with Gasteiger partial charge in [-0.2, -0.15) is 0 Å². The van der Waals surface area contributed by atoms with Crippen LogP contribution in [-0.2, 0) is 0 Å². The van der Waals surface area contributed by atoms with Crippen LogP contribution in [0.25, 0.3) is 28.1 Å². The second-order valence-electron chi connectivity index (χ2n) is 8.84. The zero-order chi connectivity index (χ0) is 25.1. The highest BCUT2D eigenvalue weighted by Crippen LogP contribution is 2.32. The number of aromatic carboxylic acids is 1. The molecule has 1 aliphatic heterocycles. The normalized spacial score (nSPS) is 13.9. The lowest BCUT2D eigenvalue weighted by molar-refractivity contribution is 0.0697. The third-order valence-electron chi connectivity index (χ3n) is 6.66. The molecule has 3 aromatic carbocycles. The maximum Gasteiger partial charge on any atom is 0.335 e. The average Bonchev–Trinajstić information content (AvgIpc) is 3.43. The number of carboxylic acid groups (broad SMARTS) is 1. The zero-order valence-electron chi connectivity index (χ0n) is 20.3. The summed E-state index contributed by atoms with van der Waals surface area (Å²) in [5.41, 5.74) is 5.33. The number of carboxylic acids is 1. The van der Waals surface area contributed by atoms with E-state index in [2.05, 4.69) is 39.9 Å². The quantitative estimate of drug-likeness (QED) is 0.389. The SMILES string of the molecule is COc1ccc(-c2cn(-c3cc(C(=O)O)cc(-c4ccc(C5CCNCC5)cc4)c3)nn2)cc1OC. The van der Waals surface area contributed by atoms with Gasteiger partial charge in [0.2, 0.25) is 0 Å². The van der Waals surface area contributed by atoms with Crippen molar-refractivity contribution in [3.05, 3.63) is 78.0 Å². The summed E-state index contributed by atoms with van der Waals surface area (Å²) < 4.78 is 12.3. The molecule has 36 heavy (non-hydrogen) atoms. The summed E-state index contributed by atoms with van der Waals surface area (Å²) in [6.07, 6.45) is 4.03. The van der Waals surface area contributed by atoms with Crippen LogP contribution in [0.4, 0.5) is 0 Å². The van der Waals surface area contributed by atoms with E-state index in [0.717, 1.165) is 42.6 Å². The van der Waals surface area contributed by atoms with Gasteiger partial charge in [0, 0.05) is 5.56 Å². The summed E-state index contributed by atoms with van der Waals surface area (Å²) in [7, 11) is 3.16. The number of nitrogens with zero attached hydrogens (tertiary/aromatic N) is 3. The first-order chi connectivity index (χ1) is 17.6. The Balaban J connectivity index is 1.47. The van der Waals surface area contributed by atoms with Crippen LogP contribution < -0.4 is 14.8 Å². The van der Waals surface area contributed by atoms with Crippen LogP contribution in [0.3, 0.4) is 0 Å². The molecule has 0 bridgehead atoms. The third kappa shape index (κ3) is 4.81. The van der Waals surface area contributed by atoms with Crippen molar-refractivity contribution in [2.24, 2.45) is 0 Å². The van der Waals surface area contributed by atoms with Crippen LogP contribution in [0.2, 0.25) is 0 Å². The molecule has 1 aliphatic rings. The topological polar surface area (TPSA) is 98.5 Å². The number of methoxy groups -OCH3 is 2. The highest BCUT2D eigenvalue weighted by atomic mass is 16.5. The van der Waals surface area contributed by atoms with Crippen molar-refractivity contribution >= 4 is 5.97 Å². The molecule has 0 radical (unpaired) electrons. The first-order valence-electron chi connectivity index (χ1n) is 11.9. The van der Waals surface area contributed by atoms with Gasteiger partial charge in [-0.3, -0.25) is 0 Å². The highest BCUT2D eigenvalue weighted by Gasteiger charge is 2.16. The molecule has 4 aromatic rings.